The molecule has 0 radical (unpaired) electrons. The van der Waals surface area contributed by atoms with Gasteiger partial charge in [-0.2, -0.15) is 0 Å². The summed E-state index contributed by atoms with van der Waals surface area (Å²) in [5, 5.41) is 9.14. The van der Waals surface area contributed by atoms with E-state index in [1.165, 1.54) is 0 Å². The highest BCUT2D eigenvalue weighted by Gasteiger charge is 2.30. The highest BCUT2D eigenvalue weighted by atomic mass is 35.5. The fourth-order valence-corrected chi connectivity index (χ4v) is 2.37. The van der Waals surface area contributed by atoms with Crippen LogP contribution in [-0.4, -0.2) is 23.4 Å². The van der Waals surface area contributed by atoms with E-state index in [4.69, 9.17) is 16.7 Å². The van der Waals surface area contributed by atoms with Crippen LogP contribution in [0.15, 0.2) is 18.2 Å². The second-order valence-corrected chi connectivity index (χ2v) is 4.82. The SMILES string of the molecule is Cc1ccc(CO)cc1N1CC(CCl)CC1=O. The quantitative estimate of drug-likeness (QED) is 0.838. The highest BCUT2D eigenvalue weighted by Crippen LogP contribution is 2.29. The van der Waals surface area contributed by atoms with Crippen LogP contribution in [0.2, 0.25) is 0 Å². The van der Waals surface area contributed by atoms with E-state index < -0.39 is 0 Å². The van der Waals surface area contributed by atoms with E-state index in [0.717, 1.165) is 16.8 Å². The maximum atomic E-state index is 11.9. The van der Waals surface area contributed by atoms with Gasteiger partial charge in [-0.05, 0) is 30.0 Å². The molecular formula is C13H16ClNO2. The Balaban J connectivity index is 2.30. The number of nitrogens with zero attached hydrogens (tertiary/aromatic N) is 1. The molecule has 1 atom stereocenters. The minimum absolute atomic E-state index is 0.00571. The van der Waals surface area contributed by atoms with Crippen LogP contribution in [-0.2, 0) is 11.4 Å². The lowest BCUT2D eigenvalue weighted by atomic mass is 10.1. The van der Waals surface area contributed by atoms with Crippen LogP contribution < -0.4 is 4.90 Å². The lowest BCUT2D eigenvalue weighted by molar-refractivity contribution is -0.117. The summed E-state index contributed by atoms with van der Waals surface area (Å²) < 4.78 is 0. The number of aryl methyl sites for hydroxylation is 1. The van der Waals surface area contributed by atoms with Gasteiger partial charge in [-0.3, -0.25) is 4.79 Å². The van der Waals surface area contributed by atoms with E-state index >= 15 is 0 Å². The van der Waals surface area contributed by atoms with Gasteiger partial charge >= 0.3 is 0 Å². The van der Waals surface area contributed by atoms with Gasteiger partial charge in [-0.15, -0.1) is 11.6 Å². The molecule has 1 heterocycles. The summed E-state index contributed by atoms with van der Waals surface area (Å²) in [7, 11) is 0. The number of carbonyl (C=O) groups excluding carboxylic acids is 1. The standard InChI is InChI=1S/C13H16ClNO2/c1-9-2-3-10(8-16)4-12(9)15-7-11(6-14)5-13(15)17/h2-4,11,16H,5-8H2,1H3. The molecule has 1 unspecified atom stereocenters. The number of amides is 1. The van der Waals surface area contributed by atoms with Gasteiger partial charge in [-0.25, -0.2) is 0 Å². The number of aliphatic hydroxyl groups is 1. The third kappa shape index (κ3) is 2.45. The third-order valence-electron chi connectivity index (χ3n) is 3.17. The summed E-state index contributed by atoms with van der Waals surface area (Å²) >= 11 is 5.81. The molecule has 0 spiro atoms. The minimum atomic E-state index is -0.00571. The predicted molar refractivity (Wildman–Crippen MR) is 68.3 cm³/mol. The van der Waals surface area contributed by atoms with Crippen molar-refractivity contribution in [3.8, 4) is 0 Å². The van der Waals surface area contributed by atoms with Crippen molar-refractivity contribution in [3.05, 3.63) is 29.3 Å². The maximum Gasteiger partial charge on any atom is 0.227 e. The number of carbonyl (C=O) groups is 1. The first-order valence-electron chi connectivity index (χ1n) is 5.72. The Morgan fingerprint density at radius 3 is 2.88 bits per heavy atom. The first-order chi connectivity index (χ1) is 8.15. The molecule has 3 nitrogen and oxygen atoms in total. The Morgan fingerprint density at radius 1 is 1.53 bits per heavy atom. The average Bonchev–Trinajstić information content (AvgIpc) is 2.71. The monoisotopic (exact) mass is 253 g/mol. The van der Waals surface area contributed by atoms with E-state index in [9.17, 15) is 4.79 Å². The van der Waals surface area contributed by atoms with E-state index in [1.807, 2.05) is 25.1 Å². The zero-order valence-electron chi connectivity index (χ0n) is 9.82. The first kappa shape index (κ1) is 12.4. The summed E-state index contributed by atoms with van der Waals surface area (Å²) in [5.74, 6) is 0.872. The van der Waals surface area contributed by atoms with Crippen molar-refractivity contribution in [1.29, 1.82) is 0 Å². The molecule has 92 valence electrons. The number of benzene rings is 1. The van der Waals surface area contributed by atoms with E-state index in [2.05, 4.69) is 0 Å². The Morgan fingerprint density at radius 2 is 2.29 bits per heavy atom. The van der Waals surface area contributed by atoms with Crippen molar-refractivity contribution in [2.75, 3.05) is 17.3 Å². The molecule has 1 fully saturated rings. The molecule has 4 heteroatoms. The number of alkyl halides is 1. The molecule has 0 saturated carbocycles. The number of hydrogen-bond acceptors (Lipinski definition) is 2. The Labute approximate surface area is 106 Å². The third-order valence-corrected chi connectivity index (χ3v) is 3.61. The number of rotatable bonds is 3. The Hall–Kier alpha value is -1.06. The summed E-state index contributed by atoms with van der Waals surface area (Å²) in [5.41, 5.74) is 2.77. The van der Waals surface area contributed by atoms with Crippen molar-refractivity contribution in [1.82, 2.24) is 0 Å². The fraction of sp³-hybridized carbons (Fsp3) is 0.462. The van der Waals surface area contributed by atoms with Crippen LogP contribution in [0.5, 0.6) is 0 Å². The normalized spacial score (nSPS) is 20.1. The van der Waals surface area contributed by atoms with Crippen LogP contribution in [0.3, 0.4) is 0 Å². The second kappa shape index (κ2) is 5.07. The second-order valence-electron chi connectivity index (χ2n) is 4.51. The maximum absolute atomic E-state index is 11.9. The lowest BCUT2D eigenvalue weighted by Crippen LogP contribution is -2.25. The number of hydrogen-bond donors (Lipinski definition) is 1. The van der Waals surface area contributed by atoms with Crippen LogP contribution in [0.25, 0.3) is 0 Å². The molecule has 0 aliphatic carbocycles. The van der Waals surface area contributed by atoms with Gasteiger partial charge in [0.2, 0.25) is 5.91 Å². The smallest absolute Gasteiger partial charge is 0.227 e. The van der Waals surface area contributed by atoms with Crippen molar-refractivity contribution in [2.24, 2.45) is 5.92 Å². The molecule has 1 aromatic carbocycles. The predicted octanol–water partition coefficient (Wildman–Crippen LogP) is 2.08. The molecular weight excluding hydrogens is 238 g/mol. The summed E-state index contributed by atoms with van der Waals surface area (Å²) in [6.45, 7) is 2.64. The molecule has 0 aromatic heterocycles. The average molecular weight is 254 g/mol. The van der Waals surface area contributed by atoms with Gasteiger partial charge in [0, 0.05) is 24.5 Å². The molecule has 17 heavy (non-hydrogen) atoms. The van der Waals surface area contributed by atoms with Gasteiger partial charge in [-0.1, -0.05) is 12.1 Å². The highest BCUT2D eigenvalue weighted by molar-refractivity contribution is 6.18. The molecule has 0 bridgehead atoms. The molecule has 1 aromatic rings. The van der Waals surface area contributed by atoms with E-state index in [0.29, 0.717) is 18.8 Å². The van der Waals surface area contributed by atoms with Gasteiger partial charge in [0.15, 0.2) is 0 Å². The Kier molecular flexibility index (Phi) is 3.69. The van der Waals surface area contributed by atoms with Gasteiger partial charge in [0.05, 0.1) is 6.61 Å². The van der Waals surface area contributed by atoms with E-state index in [1.54, 1.807) is 4.90 Å². The zero-order valence-corrected chi connectivity index (χ0v) is 10.6. The number of anilines is 1. The Bertz CT molecular complexity index is 433. The van der Waals surface area contributed by atoms with E-state index in [-0.39, 0.29) is 18.4 Å². The number of aliphatic hydroxyl groups excluding tert-OH is 1. The van der Waals surface area contributed by atoms with Gasteiger partial charge in [0.25, 0.3) is 0 Å². The van der Waals surface area contributed by atoms with Crippen molar-refractivity contribution < 1.29 is 9.90 Å². The van der Waals surface area contributed by atoms with Crippen LogP contribution in [0, 0.1) is 12.8 Å². The fourth-order valence-electron chi connectivity index (χ4n) is 2.16. The lowest BCUT2D eigenvalue weighted by Gasteiger charge is -2.19. The van der Waals surface area contributed by atoms with Crippen molar-refractivity contribution in [3.63, 3.8) is 0 Å². The number of halogens is 1. The summed E-state index contributed by atoms with van der Waals surface area (Å²) in [6.07, 6.45) is 0.520. The molecule has 1 aliphatic heterocycles. The minimum Gasteiger partial charge on any atom is -0.392 e. The summed E-state index contributed by atoms with van der Waals surface area (Å²) in [6, 6.07) is 5.68. The van der Waals surface area contributed by atoms with Gasteiger partial charge in [0.1, 0.15) is 0 Å². The van der Waals surface area contributed by atoms with Crippen LogP contribution >= 0.6 is 11.6 Å². The molecule has 1 saturated heterocycles. The topological polar surface area (TPSA) is 40.5 Å². The largest absolute Gasteiger partial charge is 0.392 e. The molecule has 1 aliphatic rings. The zero-order chi connectivity index (χ0) is 12.4. The molecule has 1 amide bonds. The van der Waals surface area contributed by atoms with Crippen molar-refractivity contribution in [2.45, 2.75) is 20.0 Å². The first-order valence-corrected chi connectivity index (χ1v) is 6.26. The van der Waals surface area contributed by atoms with Crippen molar-refractivity contribution >= 4 is 23.2 Å². The van der Waals surface area contributed by atoms with Gasteiger partial charge < -0.3 is 10.0 Å². The molecule has 2 rings (SSSR count). The van der Waals surface area contributed by atoms with Crippen LogP contribution in [0.1, 0.15) is 17.5 Å². The molecule has 1 N–H and O–H groups in total. The summed E-state index contributed by atoms with van der Waals surface area (Å²) in [4.78, 5) is 13.7. The van der Waals surface area contributed by atoms with Crippen LogP contribution in [0.4, 0.5) is 5.69 Å².